The Morgan fingerprint density at radius 1 is 1.12 bits per heavy atom. The van der Waals surface area contributed by atoms with Crippen LogP contribution in [-0.2, 0) is 0 Å². The molecule has 0 saturated carbocycles. The first-order valence-corrected chi connectivity index (χ1v) is 5.05. The molecule has 0 radical (unpaired) electrons. The minimum Gasteiger partial charge on any atom is -0.383 e. The van der Waals surface area contributed by atoms with Gasteiger partial charge in [0.25, 0.3) is 0 Å². The summed E-state index contributed by atoms with van der Waals surface area (Å²) in [7, 11) is 0. The van der Waals surface area contributed by atoms with Crippen molar-refractivity contribution in [2.45, 2.75) is 20.0 Å². The number of rotatable bonds is 2. The van der Waals surface area contributed by atoms with Gasteiger partial charge in [-0.25, -0.2) is 9.97 Å². The highest BCUT2D eigenvalue weighted by Crippen LogP contribution is 2.22. The first kappa shape index (κ1) is 10.7. The minimum absolute atomic E-state index is 0.677. The van der Waals surface area contributed by atoms with E-state index in [9.17, 15) is 5.11 Å². The van der Waals surface area contributed by atoms with Crippen molar-refractivity contribution in [2.75, 3.05) is 0 Å². The Kier molecular flexibility index (Phi) is 2.92. The van der Waals surface area contributed by atoms with Crippen molar-refractivity contribution in [3.63, 3.8) is 0 Å². The second kappa shape index (κ2) is 4.37. The van der Waals surface area contributed by atoms with E-state index in [4.69, 9.17) is 0 Å². The summed E-state index contributed by atoms with van der Waals surface area (Å²) < 4.78 is 0. The second-order valence-electron chi connectivity index (χ2n) is 3.70. The third-order valence-corrected chi connectivity index (χ3v) is 2.46. The number of aromatic nitrogens is 3. The number of aryl methyl sites for hydroxylation is 2. The van der Waals surface area contributed by atoms with Crippen LogP contribution in [0.5, 0.6) is 0 Å². The molecular formula is C12H13N3O. The van der Waals surface area contributed by atoms with Crippen LogP contribution in [0.15, 0.2) is 30.9 Å². The van der Waals surface area contributed by atoms with Crippen LogP contribution in [0, 0.1) is 13.8 Å². The van der Waals surface area contributed by atoms with Gasteiger partial charge in [0, 0.05) is 34.9 Å². The summed E-state index contributed by atoms with van der Waals surface area (Å²) >= 11 is 0. The van der Waals surface area contributed by atoms with Crippen molar-refractivity contribution >= 4 is 0 Å². The topological polar surface area (TPSA) is 58.9 Å². The summed E-state index contributed by atoms with van der Waals surface area (Å²) in [4.78, 5) is 12.1. The normalized spacial score (nSPS) is 12.4. The lowest BCUT2D eigenvalue weighted by molar-refractivity contribution is 0.218. The molecule has 0 aliphatic heterocycles. The van der Waals surface area contributed by atoms with Crippen molar-refractivity contribution in [2.24, 2.45) is 0 Å². The van der Waals surface area contributed by atoms with Gasteiger partial charge < -0.3 is 5.11 Å². The lowest BCUT2D eigenvalue weighted by Crippen LogP contribution is -2.04. The number of aliphatic hydroxyl groups is 1. The van der Waals surface area contributed by atoms with Gasteiger partial charge in [0.05, 0.1) is 0 Å². The fourth-order valence-electron chi connectivity index (χ4n) is 1.62. The van der Waals surface area contributed by atoms with Crippen LogP contribution >= 0.6 is 0 Å². The predicted molar refractivity (Wildman–Crippen MR) is 59.8 cm³/mol. The maximum atomic E-state index is 10.1. The molecule has 2 aromatic rings. The smallest absolute Gasteiger partial charge is 0.115 e. The zero-order valence-electron chi connectivity index (χ0n) is 9.25. The summed E-state index contributed by atoms with van der Waals surface area (Å²) in [6.07, 6.45) is 3.94. The lowest BCUT2D eigenvalue weighted by atomic mass is 10.0. The highest BCUT2D eigenvalue weighted by Gasteiger charge is 2.13. The Balaban J connectivity index is 2.38. The van der Waals surface area contributed by atoms with E-state index < -0.39 is 6.10 Å². The molecule has 82 valence electrons. The summed E-state index contributed by atoms with van der Waals surface area (Å²) in [6.45, 7) is 3.81. The lowest BCUT2D eigenvalue weighted by Gasteiger charge is -2.12. The van der Waals surface area contributed by atoms with Gasteiger partial charge >= 0.3 is 0 Å². The molecule has 16 heavy (non-hydrogen) atoms. The van der Waals surface area contributed by atoms with Gasteiger partial charge in [-0.2, -0.15) is 0 Å². The number of pyridine rings is 1. The zero-order valence-corrected chi connectivity index (χ0v) is 9.25. The van der Waals surface area contributed by atoms with Crippen molar-refractivity contribution < 1.29 is 5.11 Å². The Bertz CT molecular complexity index is 485. The third-order valence-electron chi connectivity index (χ3n) is 2.46. The molecule has 0 spiro atoms. The van der Waals surface area contributed by atoms with Crippen molar-refractivity contribution in [3.05, 3.63) is 53.4 Å². The summed E-state index contributed by atoms with van der Waals surface area (Å²) in [5, 5.41) is 10.1. The number of nitrogens with zero attached hydrogens (tertiary/aromatic N) is 3. The minimum atomic E-state index is -0.714. The summed E-state index contributed by atoms with van der Waals surface area (Å²) in [5.74, 6) is 0. The third kappa shape index (κ3) is 2.06. The highest BCUT2D eigenvalue weighted by atomic mass is 16.3. The van der Waals surface area contributed by atoms with Crippen LogP contribution < -0.4 is 0 Å². The van der Waals surface area contributed by atoms with Gasteiger partial charge in [0.1, 0.15) is 12.4 Å². The largest absolute Gasteiger partial charge is 0.383 e. The van der Waals surface area contributed by atoms with E-state index >= 15 is 0 Å². The first-order chi connectivity index (χ1) is 7.68. The van der Waals surface area contributed by atoms with E-state index in [2.05, 4.69) is 15.0 Å². The van der Waals surface area contributed by atoms with Crippen LogP contribution in [0.1, 0.15) is 28.6 Å². The van der Waals surface area contributed by atoms with Crippen LogP contribution in [0.4, 0.5) is 0 Å². The Hall–Kier alpha value is -1.81. The number of aliphatic hydroxyl groups excluding tert-OH is 1. The van der Waals surface area contributed by atoms with Crippen molar-refractivity contribution in [1.82, 2.24) is 15.0 Å². The van der Waals surface area contributed by atoms with Gasteiger partial charge in [0.2, 0.25) is 0 Å². The molecule has 0 amide bonds. The average molecular weight is 215 g/mol. The molecule has 0 aliphatic carbocycles. The van der Waals surface area contributed by atoms with Gasteiger partial charge in [-0.3, -0.25) is 4.98 Å². The molecule has 2 heterocycles. The SMILES string of the molecule is Cc1ccc(C(O)c2cncnc2)c(C)n1. The number of hydrogen-bond acceptors (Lipinski definition) is 4. The molecule has 1 unspecified atom stereocenters. The van der Waals surface area contributed by atoms with E-state index in [0.29, 0.717) is 5.56 Å². The van der Waals surface area contributed by atoms with E-state index in [-0.39, 0.29) is 0 Å². The Labute approximate surface area is 94.0 Å². The molecule has 0 bridgehead atoms. The molecule has 2 aromatic heterocycles. The maximum absolute atomic E-state index is 10.1. The van der Waals surface area contributed by atoms with Gasteiger partial charge in [-0.05, 0) is 19.9 Å². The fraction of sp³-hybridized carbons (Fsp3) is 0.250. The highest BCUT2D eigenvalue weighted by molar-refractivity contribution is 5.30. The van der Waals surface area contributed by atoms with Gasteiger partial charge in [-0.15, -0.1) is 0 Å². The van der Waals surface area contributed by atoms with Crippen molar-refractivity contribution in [1.29, 1.82) is 0 Å². The maximum Gasteiger partial charge on any atom is 0.115 e. The molecule has 2 rings (SSSR count). The van der Waals surface area contributed by atoms with E-state index in [0.717, 1.165) is 17.0 Å². The average Bonchev–Trinajstić information content (AvgIpc) is 2.29. The second-order valence-corrected chi connectivity index (χ2v) is 3.70. The summed E-state index contributed by atoms with van der Waals surface area (Å²) in [6, 6.07) is 3.77. The van der Waals surface area contributed by atoms with E-state index in [1.54, 1.807) is 12.4 Å². The van der Waals surface area contributed by atoms with Crippen LogP contribution in [0.2, 0.25) is 0 Å². The monoisotopic (exact) mass is 215 g/mol. The molecule has 1 atom stereocenters. The molecule has 0 fully saturated rings. The standard InChI is InChI=1S/C12H13N3O/c1-8-3-4-11(9(2)15-8)12(16)10-5-13-7-14-6-10/h3-7,12,16H,1-2H3. The fourth-order valence-corrected chi connectivity index (χ4v) is 1.62. The quantitative estimate of drug-likeness (QED) is 0.826. The van der Waals surface area contributed by atoms with Crippen LogP contribution in [0.3, 0.4) is 0 Å². The molecule has 4 heteroatoms. The van der Waals surface area contributed by atoms with Crippen molar-refractivity contribution in [3.8, 4) is 0 Å². The predicted octanol–water partition coefficient (Wildman–Crippen LogP) is 1.57. The molecule has 0 aromatic carbocycles. The molecule has 4 nitrogen and oxygen atoms in total. The first-order valence-electron chi connectivity index (χ1n) is 5.05. The van der Waals surface area contributed by atoms with Crippen LogP contribution in [0.25, 0.3) is 0 Å². The zero-order chi connectivity index (χ0) is 11.5. The van der Waals surface area contributed by atoms with E-state index in [1.165, 1.54) is 6.33 Å². The molecule has 1 N–H and O–H groups in total. The summed E-state index contributed by atoms with van der Waals surface area (Å²) in [5.41, 5.74) is 3.24. The Morgan fingerprint density at radius 2 is 1.81 bits per heavy atom. The van der Waals surface area contributed by atoms with Gasteiger partial charge in [0.15, 0.2) is 0 Å². The molecule has 0 saturated heterocycles. The van der Waals surface area contributed by atoms with Crippen LogP contribution in [-0.4, -0.2) is 20.1 Å². The molecular weight excluding hydrogens is 202 g/mol. The number of hydrogen-bond donors (Lipinski definition) is 1. The Morgan fingerprint density at radius 3 is 2.44 bits per heavy atom. The van der Waals surface area contributed by atoms with Gasteiger partial charge in [-0.1, -0.05) is 6.07 Å². The molecule has 0 aliphatic rings. The van der Waals surface area contributed by atoms with E-state index in [1.807, 2.05) is 26.0 Å².